The Hall–Kier alpha value is -2.22. The van der Waals surface area contributed by atoms with E-state index in [9.17, 15) is 4.79 Å². The molecule has 3 rings (SSSR count). The Morgan fingerprint density at radius 3 is 2.86 bits per heavy atom. The van der Waals surface area contributed by atoms with Crippen molar-refractivity contribution in [1.29, 1.82) is 0 Å². The molecule has 2 aromatic rings. The fourth-order valence-corrected chi connectivity index (χ4v) is 2.78. The number of aromatic nitrogens is 4. The average Bonchev–Trinajstić information content (AvgIpc) is 2.94. The van der Waals surface area contributed by atoms with E-state index in [1.165, 1.54) is 0 Å². The van der Waals surface area contributed by atoms with E-state index in [0.29, 0.717) is 18.3 Å². The van der Waals surface area contributed by atoms with E-state index in [0.717, 1.165) is 10.0 Å². The van der Waals surface area contributed by atoms with Gasteiger partial charge in [0.1, 0.15) is 12.0 Å². The van der Waals surface area contributed by atoms with Crippen LogP contribution in [-0.4, -0.2) is 32.8 Å². The molecule has 1 aliphatic heterocycles. The molecule has 1 aliphatic rings. The summed E-state index contributed by atoms with van der Waals surface area (Å²) >= 11 is 3.41. The molecule has 0 amide bonds. The fraction of sp³-hybridized carbons (Fsp3) is 0.286. The van der Waals surface area contributed by atoms with Gasteiger partial charge in [-0.3, -0.25) is 4.79 Å². The number of fused-ring (bicyclic) bond motifs is 1. The predicted octanol–water partition coefficient (Wildman–Crippen LogP) is 2.14. The molecule has 0 saturated carbocycles. The topological polar surface area (TPSA) is 81.9 Å². The lowest BCUT2D eigenvalue weighted by Crippen LogP contribution is -2.37. The highest BCUT2D eigenvalue weighted by Gasteiger charge is 2.40. The Morgan fingerprint density at radius 2 is 2.18 bits per heavy atom. The van der Waals surface area contributed by atoms with Crippen molar-refractivity contribution in [3.8, 4) is 0 Å². The molecule has 22 heavy (non-hydrogen) atoms. The van der Waals surface area contributed by atoms with E-state index in [4.69, 9.17) is 4.74 Å². The lowest BCUT2D eigenvalue weighted by molar-refractivity contribution is -0.147. The molecule has 2 atom stereocenters. The van der Waals surface area contributed by atoms with Crippen molar-refractivity contribution in [2.75, 3.05) is 11.9 Å². The first-order chi connectivity index (χ1) is 10.6. The van der Waals surface area contributed by atoms with Crippen molar-refractivity contribution < 1.29 is 9.53 Å². The van der Waals surface area contributed by atoms with Crippen molar-refractivity contribution >= 4 is 27.8 Å². The highest BCUT2D eigenvalue weighted by Crippen LogP contribution is 2.37. The fourth-order valence-electron chi connectivity index (χ4n) is 2.51. The zero-order valence-corrected chi connectivity index (χ0v) is 13.4. The van der Waals surface area contributed by atoms with E-state index >= 15 is 0 Å². The molecule has 1 aromatic carbocycles. The van der Waals surface area contributed by atoms with Crippen LogP contribution in [0.2, 0.25) is 0 Å². The van der Waals surface area contributed by atoms with E-state index in [1.54, 1.807) is 11.6 Å². The van der Waals surface area contributed by atoms with Gasteiger partial charge in [-0.2, -0.15) is 0 Å². The first-order valence-electron chi connectivity index (χ1n) is 6.77. The van der Waals surface area contributed by atoms with Crippen LogP contribution in [-0.2, 0) is 9.53 Å². The number of carbonyl (C=O) groups excluding carboxylic acids is 1. The molecule has 0 radical (unpaired) electrons. The number of hydrogen-bond acceptors (Lipinski definition) is 6. The SMILES string of the molecule is C=C1Nc2nnnn2C(c2ccc(Br)cc2)C1C(=O)OCC. The van der Waals surface area contributed by atoms with E-state index in [2.05, 4.69) is 43.4 Å². The quantitative estimate of drug-likeness (QED) is 0.841. The average molecular weight is 364 g/mol. The lowest BCUT2D eigenvalue weighted by Gasteiger charge is -2.32. The summed E-state index contributed by atoms with van der Waals surface area (Å²) in [5.41, 5.74) is 1.42. The largest absolute Gasteiger partial charge is 0.465 e. The molecule has 0 spiro atoms. The zero-order valence-electron chi connectivity index (χ0n) is 11.9. The second kappa shape index (κ2) is 5.88. The molecular formula is C14H14BrN5O2. The summed E-state index contributed by atoms with van der Waals surface area (Å²) in [6.07, 6.45) is 0. The summed E-state index contributed by atoms with van der Waals surface area (Å²) in [4.78, 5) is 12.4. The summed E-state index contributed by atoms with van der Waals surface area (Å²) in [5, 5.41) is 14.5. The molecular weight excluding hydrogens is 350 g/mol. The predicted molar refractivity (Wildman–Crippen MR) is 83.0 cm³/mol. The third-order valence-corrected chi connectivity index (χ3v) is 4.00. The smallest absolute Gasteiger partial charge is 0.317 e. The van der Waals surface area contributed by atoms with E-state index in [1.807, 2.05) is 24.3 Å². The molecule has 1 aromatic heterocycles. The molecule has 8 heteroatoms. The highest BCUT2D eigenvalue weighted by atomic mass is 79.9. The van der Waals surface area contributed by atoms with Crippen LogP contribution in [0.15, 0.2) is 41.0 Å². The van der Waals surface area contributed by atoms with Gasteiger partial charge in [-0.15, -0.1) is 0 Å². The molecule has 0 aliphatic carbocycles. The van der Waals surface area contributed by atoms with Gasteiger partial charge in [-0.1, -0.05) is 39.7 Å². The number of ether oxygens (including phenoxy) is 1. The van der Waals surface area contributed by atoms with Gasteiger partial charge in [0.2, 0.25) is 5.95 Å². The number of esters is 1. The number of anilines is 1. The normalized spacial score (nSPS) is 20.2. The molecule has 0 bridgehead atoms. The second-order valence-corrected chi connectivity index (χ2v) is 5.74. The summed E-state index contributed by atoms with van der Waals surface area (Å²) < 4.78 is 7.72. The summed E-state index contributed by atoms with van der Waals surface area (Å²) in [6.45, 7) is 6.02. The third kappa shape index (κ3) is 2.50. The van der Waals surface area contributed by atoms with Gasteiger partial charge in [0.25, 0.3) is 0 Å². The number of tetrazole rings is 1. The number of hydrogen-bond donors (Lipinski definition) is 1. The van der Waals surface area contributed by atoms with Crippen LogP contribution in [0.4, 0.5) is 5.95 Å². The number of carbonyl (C=O) groups is 1. The van der Waals surface area contributed by atoms with Crippen molar-refractivity contribution in [3.63, 3.8) is 0 Å². The minimum absolute atomic E-state index is 0.304. The number of halogens is 1. The maximum atomic E-state index is 12.4. The highest BCUT2D eigenvalue weighted by molar-refractivity contribution is 9.10. The third-order valence-electron chi connectivity index (χ3n) is 3.47. The monoisotopic (exact) mass is 363 g/mol. The van der Waals surface area contributed by atoms with Crippen LogP contribution in [0.5, 0.6) is 0 Å². The molecule has 2 unspecified atom stereocenters. The maximum Gasteiger partial charge on any atom is 0.317 e. The number of nitrogens with one attached hydrogen (secondary N) is 1. The number of rotatable bonds is 3. The maximum absolute atomic E-state index is 12.4. The molecule has 114 valence electrons. The van der Waals surface area contributed by atoms with Gasteiger partial charge in [-0.05, 0) is 35.0 Å². The van der Waals surface area contributed by atoms with Gasteiger partial charge >= 0.3 is 5.97 Å². The zero-order chi connectivity index (χ0) is 15.7. The molecule has 0 saturated heterocycles. The van der Waals surface area contributed by atoms with Crippen molar-refractivity contribution in [1.82, 2.24) is 20.2 Å². The Bertz CT molecular complexity index is 712. The summed E-state index contributed by atoms with van der Waals surface area (Å²) in [6, 6.07) is 7.26. The van der Waals surface area contributed by atoms with Gasteiger partial charge in [-0.25, -0.2) is 4.68 Å². The standard InChI is InChI=1S/C14H14BrN5O2/c1-3-22-13(21)11-8(2)16-14-17-18-19-20(14)12(11)9-4-6-10(15)7-5-9/h4-7,11-12H,2-3H2,1H3,(H,16,17,19). The van der Waals surface area contributed by atoms with Crippen LogP contribution in [0.25, 0.3) is 0 Å². The molecule has 7 nitrogen and oxygen atoms in total. The molecule has 1 N–H and O–H groups in total. The minimum Gasteiger partial charge on any atom is -0.465 e. The summed E-state index contributed by atoms with van der Waals surface area (Å²) in [7, 11) is 0. The molecule has 2 heterocycles. The van der Waals surface area contributed by atoms with Crippen LogP contribution in [0, 0.1) is 5.92 Å². The van der Waals surface area contributed by atoms with Crippen LogP contribution in [0.1, 0.15) is 18.5 Å². The van der Waals surface area contributed by atoms with E-state index < -0.39 is 12.0 Å². The van der Waals surface area contributed by atoms with Crippen LogP contribution < -0.4 is 5.32 Å². The first kappa shape index (κ1) is 14.7. The van der Waals surface area contributed by atoms with Crippen molar-refractivity contribution in [2.24, 2.45) is 5.92 Å². The first-order valence-corrected chi connectivity index (χ1v) is 7.57. The Labute approximate surface area is 135 Å². The Balaban J connectivity index is 2.09. The van der Waals surface area contributed by atoms with Crippen molar-refractivity contribution in [3.05, 3.63) is 46.6 Å². The van der Waals surface area contributed by atoms with Crippen LogP contribution in [0.3, 0.4) is 0 Å². The Morgan fingerprint density at radius 1 is 1.45 bits per heavy atom. The van der Waals surface area contributed by atoms with Gasteiger partial charge in [0, 0.05) is 10.2 Å². The van der Waals surface area contributed by atoms with Gasteiger partial charge in [0.15, 0.2) is 0 Å². The number of nitrogens with zero attached hydrogens (tertiary/aromatic N) is 4. The second-order valence-electron chi connectivity index (χ2n) is 4.82. The Kier molecular flexibility index (Phi) is 3.93. The van der Waals surface area contributed by atoms with E-state index in [-0.39, 0.29) is 5.97 Å². The number of benzene rings is 1. The van der Waals surface area contributed by atoms with Crippen molar-refractivity contribution in [2.45, 2.75) is 13.0 Å². The minimum atomic E-state index is -0.600. The van der Waals surface area contributed by atoms with Gasteiger partial charge < -0.3 is 10.1 Å². The lowest BCUT2D eigenvalue weighted by atomic mass is 9.89. The van der Waals surface area contributed by atoms with Gasteiger partial charge in [0.05, 0.1) is 6.61 Å². The van der Waals surface area contributed by atoms with Crippen LogP contribution >= 0.6 is 15.9 Å². The molecule has 0 fully saturated rings. The summed E-state index contributed by atoms with van der Waals surface area (Å²) in [5.74, 6) is -0.496.